The van der Waals surface area contributed by atoms with E-state index in [0.29, 0.717) is 0 Å². The Hall–Kier alpha value is -1.06. The van der Waals surface area contributed by atoms with Gasteiger partial charge in [-0.25, -0.2) is 0 Å². The first-order chi connectivity index (χ1) is 8.93. The van der Waals surface area contributed by atoms with Gasteiger partial charge in [0, 0.05) is 18.2 Å². The Morgan fingerprint density at radius 1 is 1.32 bits per heavy atom. The van der Waals surface area contributed by atoms with Crippen molar-refractivity contribution in [2.24, 2.45) is 0 Å². The molecule has 0 saturated heterocycles. The molecule has 1 aromatic carbocycles. The lowest BCUT2D eigenvalue weighted by Gasteiger charge is -2.24. The second-order valence-electron chi connectivity index (χ2n) is 5.91. The lowest BCUT2D eigenvalue weighted by molar-refractivity contribution is 0.275. The van der Waals surface area contributed by atoms with Gasteiger partial charge < -0.3 is 15.2 Å². The molecule has 0 saturated carbocycles. The van der Waals surface area contributed by atoms with Gasteiger partial charge in [0.25, 0.3) is 0 Å². The molecule has 1 unspecified atom stereocenters. The van der Waals surface area contributed by atoms with E-state index in [0.717, 1.165) is 18.6 Å². The third-order valence-electron chi connectivity index (χ3n) is 3.47. The van der Waals surface area contributed by atoms with Crippen molar-refractivity contribution in [1.29, 1.82) is 0 Å². The van der Waals surface area contributed by atoms with Crippen molar-refractivity contribution in [3.8, 4) is 5.75 Å². The average Bonchev–Trinajstić information content (AvgIpc) is 2.38. The Bertz CT molecular complexity index is 396. The van der Waals surface area contributed by atoms with E-state index in [2.05, 4.69) is 38.2 Å². The molecule has 0 heterocycles. The molecule has 0 bridgehead atoms. The Balaban J connectivity index is 3.13. The number of rotatable bonds is 6. The quantitative estimate of drug-likeness (QED) is 0.830. The van der Waals surface area contributed by atoms with Crippen molar-refractivity contribution in [2.45, 2.75) is 45.1 Å². The fourth-order valence-electron chi connectivity index (χ4n) is 2.22. The molecule has 0 fully saturated rings. The summed E-state index contributed by atoms with van der Waals surface area (Å²) >= 11 is 0. The van der Waals surface area contributed by atoms with Crippen molar-refractivity contribution in [1.82, 2.24) is 5.32 Å². The summed E-state index contributed by atoms with van der Waals surface area (Å²) in [5, 5.41) is 12.3. The second kappa shape index (κ2) is 6.92. The highest BCUT2D eigenvalue weighted by molar-refractivity contribution is 5.41. The molecule has 0 aliphatic heterocycles. The number of methoxy groups -OCH3 is 1. The van der Waals surface area contributed by atoms with E-state index in [4.69, 9.17) is 9.84 Å². The maximum absolute atomic E-state index is 9.01. The van der Waals surface area contributed by atoms with Crippen LogP contribution >= 0.6 is 0 Å². The van der Waals surface area contributed by atoms with Gasteiger partial charge in [0.2, 0.25) is 0 Å². The third kappa shape index (κ3) is 4.22. The molecule has 19 heavy (non-hydrogen) atoms. The molecule has 108 valence electrons. The van der Waals surface area contributed by atoms with E-state index in [-0.39, 0.29) is 18.1 Å². The molecule has 0 spiro atoms. The van der Waals surface area contributed by atoms with E-state index >= 15 is 0 Å². The van der Waals surface area contributed by atoms with Crippen LogP contribution in [0.25, 0.3) is 0 Å². The standard InChI is InChI=1S/C16H27NO2/c1-16(2,3)12-8-9-15(19-5)13(11-12)14(17-4)7-6-10-18/h8-9,11,14,17-18H,6-7,10H2,1-5H3. The number of benzene rings is 1. The molecule has 3 heteroatoms. The first-order valence-electron chi connectivity index (χ1n) is 6.90. The number of aliphatic hydroxyl groups is 1. The molecule has 2 N–H and O–H groups in total. The van der Waals surface area contributed by atoms with Crippen LogP contribution in [0.15, 0.2) is 18.2 Å². The van der Waals surface area contributed by atoms with Crippen LogP contribution in [-0.2, 0) is 5.41 Å². The Kier molecular flexibility index (Phi) is 5.83. The summed E-state index contributed by atoms with van der Waals surface area (Å²) in [6, 6.07) is 6.60. The van der Waals surface area contributed by atoms with Crippen molar-refractivity contribution < 1.29 is 9.84 Å². The molecule has 3 nitrogen and oxygen atoms in total. The van der Waals surface area contributed by atoms with Crippen molar-refractivity contribution in [2.75, 3.05) is 20.8 Å². The number of ether oxygens (including phenoxy) is 1. The van der Waals surface area contributed by atoms with Crippen LogP contribution in [0.1, 0.15) is 50.8 Å². The van der Waals surface area contributed by atoms with E-state index in [1.54, 1.807) is 7.11 Å². The first kappa shape index (κ1) is 16.0. The highest BCUT2D eigenvalue weighted by Gasteiger charge is 2.19. The van der Waals surface area contributed by atoms with Crippen molar-refractivity contribution >= 4 is 0 Å². The molecule has 0 radical (unpaired) electrons. The van der Waals surface area contributed by atoms with E-state index < -0.39 is 0 Å². The fraction of sp³-hybridized carbons (Fsp3) is 0.625. The SMILES string of the molecule is CNC(CCCO)c1cc(C(C)(C)C)ccc1OC. The fourth-order valence-corrected chi connectivity index (χ4v) is 2.22. The monoisotopic (exact) mass is 265 g/mol. The zero-order chi connectivity index (χ0) is 14.5. The minimum Gasteiger partial charge on any atom is -0.496 e. The van der Waals surface area contributed by atoms with E-state index in [1.165, 1.54) is 11.1 Å². The summed E-state index contributed by atoms with van der Waals surface area (Å²) in [7, 11) is 3.65. The van der Waals surface area contributed by atoms with Crippen LogP contribution in [0.5, 0.6) is 5.75 Å². The highest BCUT2D eigenvalue weighted by atomic mass is 16.5. The molecule has 0 aliphatic carbocycles. The van der Waals surface area contributed by atoms with E-state index in [9.17, 15) is 0 Å². The van der Waals surface area contributed by atoms with Gasteiger partial charge >= 0.3 is 0 Å². The summed E-state index contributed by atoms with van der Waals surface area (Å²) in [4.78, 5) is 0. The Morgan fingerprint density at radius 3 is 2.47 bits per heavy atom. The predicted molar refractivity (Wildman–Crippen MR) is 79.8 cm³/mol. The summed E-state index contributed by atoms with van der Waals surface area (Å²) in [6.07, 6.45) is 1.69. The van der Waals surface area contributed by atoms with Crippen molar-refractivity contribution in [3.63, 3.8) is 0 Å². The topological polar surface area (TPSA) is 41.5 Å². The normalized spacial score (nSPS) is 13.4. The zero-order valence-corrected chi connectivity index (χ0v) is 12.8. The van der Waals surface area contributed by atoms with E-state index in [1.807, 2.05) is 13.1 Å². The molecular formula is C16H27NO2. The zero-order valence-electron chi connectivity index (χ0n) is 12.8. The molecule has 1 rings (SSSR count). The first-order valence-corrected chi connectivity index (χ1v) is 6.90. The van der Waals surface area contributed by atoms with Crippen LogP contribution in [0.3, 0.4) is 0 Å². The smallest absolute Gasteiger partial charge is 0.123 e. The molecule has 0 amide bonds. The summed E-state index contributed by atoms with van der Waals surface area (Å²) in [6.45, 7) is 6.85. The number of hydrogen-bond donors (Lipinski definition) is 2. The minimum atomic E-state index is 0.121. The highest BCUT2D eigenvalue weighted by Crippen LogP contribution is 2.33. The van der Waals surface area contributed by atoms with Gasteiger partial charge in [-0.3, -0.25) is 0 Å². The average molecular weight is 265 g/mol. The molecule has 0 aromatic heterocycles. The summed E-state index contributed by atoms with van der Waals surface area (Å²) in [5.41, 5.74) is 2.59. The number of nitrogens with one attached hydrogen (secondary N) is 1. The third-order valence-corrected chi connectivity index (χ3v) is 3.47. The number of aliphatic hydroxyl groups excluding tert-OH is 1. The predicted octanol–water partition coefficient (Wildman–Crippen LogP) is 3.03. The minimum absolute atomic E-state index is 0.121. The maximum atomic E-state index is 9.01. The summed E-state index contributed by atoms with van der Waals surface area (Å²) in [5.74, 6) is 0.908. The van der Waals surface area contributed by atoms with Gasteiger partial charge in [-0.2, -0.15) is 0 Å². The molecule has 0 aliphatic rings. The number of hydrogen-bond acceptors (Lipinski definition) is 3. The van der Waals surface area contributed by atoms with Crippen LogP contribution in [0, 0.1) is 0 Å². The summed E-state index contributed by atoms with van der Waals surface area (Å²) < 4.78 is 5.47. The largest absolute Gasteiger partial charge is 0.496 e. The van der Waals surface area contributed by atoms with Crippen LogP contribution < -0.4 is 10.1 Å². The molecule has 1 aromatic rings. The van der Waals surface area contributed by atoms with Gasteiger partial charge in [0.05, 0.1) is 7.11 Å². The van der Waals surface area contributed by atoms with Gasteiger partial charge in [-0.15, -0.1) is 0 Å². The van der Waals surface area contributed by atoms with Crippen molar-refractivity contribution in [3.05, 3.63) is 29.3 Å². The lowest BCUT2D eigenvalue weighted by atomic mass is 9.84. The van der Waals surface area contributed by atoms with Gasteiger partial charge in [0.1, 0.15) is 5.75 Å². The van der Waals surface area contributed by atoms with Gasteiger partial charge in [-0.1, -0.05) is 26.8 Å². The lowest BCUT2D eigenvalue weighted by Crippen LogP contribution is -2.19. The second-order valence-corrected chi connectivity index (χ2v) is 5.91. The van der Waals surface area contributed by atoms with Crippen LogP contribution in [-0.4, -0.2) is 25.9 Å². The van der Waals surface area contributed by atoms with Crippen LogP contribution in [0.4, 0.5) is 0 Å². The van der Waals surface area contributed by atoms with Crippen LogP contribution in [0.2, 0.25) is 0 Å². The molecular weight excluding hydrogens is 238 g/mol. The van der Waals surface area contributed by atoms with Gasteiger partial charge in [0.15, 0.2) is 0 Å². The maximum Gasteiger partial charge on any atom is 0.123 e. The Labute approximate surface area is 117 Å². The Morgan fingerprint density at radius 2 is 2.00 bits per heavy atom. The van der Waals surface area contributed by atoms with Gasteiger partial charge in [-0.05, 0) is 43.0 Å². The molecule has 1 atom stereocenters.